The van der Waals surface area contributed by atoms with Gasteiger partial charge in [-0.15, -0.1) is 0 Å². The second kappa shape index (κ2) is 8.65. The first-order valence-corrected chi connectivity index (χ1v) is 10.1. The molecule has 2 aromatic heterocycles. The van der Waals surface area contributed by atoms with Crippen LogP contribution in [0.5, 0.6) is 5.75 Å². The van der Waals surface area contributed by atoms with Crippen molar-refractivity contribution in [3.8, 4) is 5.75 Å². The largest absolute Gasteiger partial charge is 0.490 e. The lowest BCUT2D eigenvalue weighted by molar-refractivity contribution is 0.298. The number of ether oxygens (including phenoxy) is 1. The number of nitrogens with zero attached hydrogens (tertiary/aromatic N) is 3. The van der Waals surface area contributed by atoms with Gasteiger partial charge < -0.3 is 9.30 Å². The molecule has 0 spiro atoms. The highest BCUT2D eigenvalue weighted by Gasteiger charge is 2.04. The number of aromatic nitrogens is 2. The van der Waals surface area contributed by atoms with E-state index in [0.29, 0.717) is 28.9 Å². The van der Waals surface area contributed by atoms with E-state index < -0.39 is 0 Å². The van der Waals surface area contributed by atoms with Crippen LogP contribution in [0.4, 0.5) is 5.13 Å². The molecule has 5 nitrogen and oxygen atoms in total. The van der Waals surface area contributed by atoms with Crippen LogP contribution >= 0.6 is 34.5 Å². The minimum absolute atomic E-state index is 0.459. The molecule has 0 saturated carbocycles. The number of anilines is 1. The first-order chi connectivity index (χ1) is 13.7. The Hall–Kier alpha value is -2.54. The van der Waals surface area contributed by atoms with Gasteiger partial charge in [-0.3, -0.25) is 5.43 Å². The molecule has 1 N–H and O–H groups in total. The van der Waals surface area contributed by atoms with Crippen molar-refractivity contribution < 1.29 is 4.74 Å². The molecule has 2 heterocycles. The van der Waals surface area contributed by atoms with E-state index in [1.165, 1.54) is 0 Å². The number of para-hydroxylation sites is 1. The summed E-state index contributed by atoms with van der Waals surface area (Å²) < 4.78 is 8.92. The third-order valence-electron chi connectivity index (χ3n) is 4.00. The fourth-order valence-electron chi connectivity index (χ4n) is 2.66. The summed E-state index contributed by atoms with van der Waals surface area (Å²) in [5.74, 6) is 0.578. The average molecular weight is 431 g/mol. The molecule has 0 bridgehead atoms. The number of hydrogen-bond acceptors (Lipinski definition) is 5. The van der Waals surface area contributed by atoms with Crippen molar-refractivity contribution in [3.05, 3.63) is 76.5 Å². The van der Waals surface area contributed by atoms with E-state index in [4.69, 9.17) is 27.9 Å². The second-order valence-corrected chi connectivity index (χ2v) is 7.78. The Morgan fingerprint density at radius 2 is 2.04 bits per heavy atom. The molecule has 0 radical (unpaired) electrons. The van der Waals surface area contributed by atoms with Crippen molar-refractivity contribution in [2.75, 3.05) is 12.0 Å². The number of nitrogens with one attached hydrogen (secondary N) is 1. The maximum atomic E-state index is 6.12. The summed E-state index contributed by atoms with van der Waals surface area (Å²) >= 11 is 13.7. The Labute approximate surface area is 176 Å². The summed E-state index contributed by atoms with van der Waals surface area (Å²) in [4.78, 5) is 4.50. The lowest BCUT2D eigenvalue weighted by atomic mass is 10.3. The number of fused-ring (bicyclic) bond motifs is 1. The number of halogens is 2. The van der Waals surface area contributed by atoms with Crippen LogP contribution in [0.3, 0.4) is 0 Å². The second-order valence-electron chi connectivity index (χ2n) is 5.91. The van der Waals surface area contributed by atoms with E-state index in [9.17, 15) is 0 Å². The van der Waals surface area contributed by atoms with Crippen molar-refractivity contribution in [3.63, 3.8) is 0 Å². The van der Waals surface area contributed by atoms with Gasteiger partial charge in [-0.1, -0.05) is 46.7 Å². The molecule has 0 amide bonds. The van der Waals surface area contributed by atoms with Gasteiger partial charge >= 0.3 is 0 Å². The summed E-state index contributed by atoms with van der Waals surface area (Å²) in [6.07, 6.45) is 3.74. The molecule has 4 aromatic rings. The third kappa shape index (κ3) is 4.47. The van der Waals surface area contributed by atoms with Gasteiger partial charge in [0.2, 0.25) is 5.13 Å². The molecule has 0 fully saturated rings. The van der Waals surface area contributed by atoms with E-state index in [1.807, 2.05) is 47.2 Å². The monoisotopic (exact) mass is 430 g/mol. The molecule has 0 aliphatic carbocycles. The minimum Gasteiger partial charge on any atom is -0.490 e. The Balaban J connectivity index is 1.35. The van der Waals surface area contributed by atoms with Crippen molar-refractivity contribution >= 4 is 56.1 Å². The number of rotatable bonds is 7. The lowest BCUT2D eigenvalue weighted by Gasteiger charge is -2.10. The summed E-state index contributed by atoms with van der Waals surface area (Å²) in [5.41, 5.74) is 4.91. The highest BCUT2D eigenvalue weighted by atomic mass is 35.5. The summed E-state index contributed by atoms with van der Waals surface area (Å²) in [7, 11) is 0. The zero-order valence-electron chi connectivity index (χ0n) is 14.7. The van der Waals surface area contributed by atoms with Gasteiger partial charge in [-0.2, -0.15) is 5.10 Å². The van der Waals surface area contributed by atoms with Crippen molar-refractivity contribution in [2.45, 2.75) is 6.54 Å². The van der Waals surface area contributed by atoms with Crippen molar-refractivity contribution in [1.29, 1.82) is 0 Å². The molecule has 0 unspecified atom stereocenters. The molecule has 4 rings (SSSR count). The molecule has 0 saturated heterocycles. The van der Waals surface area contributed by atoms with Gasteiger partial charge in [0.15, 0.2) is 0 Å². The van der Waals surface area contributed by atoms with E-state index in [1.54, 1.807) is 35.8 Å². The molecule has 2 aromatic carbocycles. The van der Waals surface area contributed by atoms with Crippen LogP contribution in [0.15, 0.2) is 65.9 Å². The predicted octanol–water partition coefficient (Wildman–Crippen LogP) is 5.93. The van der Waals surface area contributed by atoms with Gasteiger partial charge in [0.05, 0.1) is 33.7 Å². The maximum absolute atomic E-state index is 6.12. The van der Waals surface area contributed by atoms with Gasteiger partial charge in [-0.25, -0.2) is 4.98 Å². The molecule has 28 heavy (non-hydrogen) atoms. The highest BCUT2D eigenvalue weighted by Crippen LogP contribution is 2.28. The number of benzene rings is 2. The van der Waals surface area contributed by atoms with Gasteiger partial charge in [-0.05, 0) is 36.4 Å². The molecule has 0 aliphatic rings. The van der Waals surface area contributed by atoms with Crippen LogP contribution in [-0.4, -0.2) is 22.4 Å². The lowest BCUT2D eigenvalue weighted by Crippen LogP contribution is -2.10. The first kappa shape index (κ1) is 18.8. The first-order valence-electron chi connectivity index (χ1n) is 8.57. The molecular weight excluding hydrogens is 415 g/mol. The zero-order valence-corrected chi connectivity index (χ0v) is 17.0. The quantitative estimate of drug-likeness (QED) is 0.292. The summed E-state index contributed by atoms with van der Waals surface area (Å²) in [5, 5.41) is 6.20. The summed E-state index contributed by atoms with van der Waals surface area (Å²) in [6, 6.07) is 17.1. The molecule has 0 atom stereocenters. The smallest absolute Gasteiger partial charge is 0.204 e. The predicted molar refractivity (Wildman–Crippen MR) is 117 cm³/mol. The van der Waals surface area contributed by atoms with E-state index in [0.717, 1.165) is 21.0 Å². The van der Waals surface area contributed by atoms with Crippen LogP contribution < -0.4 is 10.2 Å². The Morgan fingerprint density at radius 1 is 1.14 bits per heavy atom. The fraction of sp³-hybridized carbons (Fsp3) is 0.100. The minimum atomic E-state index is 0.459. The molecule has 8 heteroatoms. The molecular formula is C20H16Cl2N4OS. The number of thiazole rings is 1. The number of hydrogen-bond donors (Lipinski definition) is 1. The zero-order chi connectivity index (χ0) is 19.3. The Kier molecular flexibility index (Phi) is 5.81. The molecule has 142 valence electrons. The van der Waals surface area contributed by atoms with Crippen molar-refractivity contribution in [2.24, 2.45) is 5.10 Å². The van der Waals surface area contributed by atoms with E-state index in [-0.39, 0.29) is 0 Å². The Morgan fingerprint density at radius 3 is 2.93 bits per heavy atom. The van der Waals surface area contributed by atoms with Gasteiger partial charge in [0, 0.05) is 17.3 Å². The summed E-state index contributed by atoms with van der Waals surface area (Å²) in [6.45, 7) is 1.11. The number of hydrazone groups is 1. The highest BCUT2D eigenvalue weighted by molar-refractivity contribution is 7.22. The maximum Gasteiger partial charge on any atom is 0.204 e. The van der Waals surface area contributed by atoms with Crippen LogP contribution in [0, 0.1) is 0 Å². The van der Waals surface area contributed by atoms with Crippen LogP contribution in [-0.2, 0) is 6.54 Å². The SMILES string of the molecule is Clc1ccc(Cl)c(OCCn2cccc2/C=N/Nc2nc3ccccc3s2)c1. The van der Waals surface area contributed by atoms with Crippen LogP contribution in [0.25, 0.3) is 10.2 Å². The molecule has 0 aliphatic heterocycles. The standard InChI is InChI=1S/C20H16Cl2N4OS/c21-14-7-8-16(22)18(12-14)27-11-10-26-9-3-4-15(26)13-23-25-20-24-17-5-1-2-6-19(17)28-20/h1-9,12-13H,10-11H2,(H,24,25)/b23-13+. The van der Waals surface area contributed by atoms with Gasteiger partial charge in [0.1, 0.15) is 12.4 Å². The van der Waals surface area contributed by atoms with Gasteiger partial charge in [0.25, 0.3) is 0 Å². The van der Waals surface area contributed by atoms with E-state index >= 15 is 0 Å². The van der Waals surface area contributed by atoms with E-state index in [2.05, 4.69) is 15.5 Å². The van der Waals surface area contributed by atoms with Crippen LogP contribution in [0.2, 0.25) is 10.0 Å². The average Bonchev–Trinajstić information content (AvgIpc) is 3.31. The Bertz CT molecular complexity index is 1090. The normalized spacial score (nSPS) is 11.4. The topological polar surface area (TPSA) is 51.4 Å². The van der Waals surface area contributed by atoms with Crippen LogP contribution in [0.1, 0.15) is 5.69 Å². The fourth-order valence-corrected chi connectivity index (χ4v) is 3.81. The van der Waals surface area contributed by atoms with Crippen molar-refractivity contribution in [1.82, 2.24) is 9.55 Å². The third-order valence-corrected chi connectivity index (χ3v) is 5.49.